The molecule has 3 aliphatic rings. The molecular formula is C21H28FN3O2. The quantitative estimate of drug-likeness (QED) is 0.882. The average Bonchev–Trinajstić information content (AvgIpc) is 3.52. The van der Waals surface area contributed by atoms with Crippen LogP contribution in [0.15, 0.2) is 24.3 Å². The molecule has 4 rings (SSSR count). The Kier molecular flexibility index (Phi) is 5.43. The molecule has 0 bridgehead atoms. The van der Waals surface area contributed by atoms with E-state index in [4.69, 9.17) is 0 Å². The van der Waals surface area contributed by atoms with Gasteiger partial charge in [0.1, 0.15) is 5.82 Å². The molecule has 2 aliphatic heterocycles. The third-order valence-electron chi connectivity index (χ3n) is 6.11. The van der Waals surface area contributed by atoms with Crippen molar-refractivity contribution < 1.29 is 14.0 Å². The summed E-state index contributed by atoms with van der Waals surface area (Å²) in [5.74, 6) is -0.00577. The lowest BCUT2D eigenvalue weighted by molar-refractivity contribution is -0.127. The summed E-state index contributed by atoms with van der Waals surface area (Å²) in [7, 11) is 0. The van der Waals surface area contributed by atoms with Gasteiger partial charge in [-0.15, -0.1) is 0 Å². The topological polar surface area (TPSA) is 52.7 Å². The predicted octanol–water partition coefficient (Wildman–Crippen LogP) is 2.42. The molecule has 1 N–H and O–H groups in total. The minimum absolute atomic E-state index is 0.0196. The Morgan fingerprint density at radius 3 is 2.33 bits per heavy atom. The van der Waals surface area contributed by atoms with Crippen LogP contribution in [0, 0.1) is 11.7 Å². The van der Waals surface area contributed by atoms with Gasteiger partial charge in [0.15, 0.2) is 0 Å². The summed E-state index contributed by atoms with van der Waals surface area (Å²) in [6, 6.07) is 6.64. The van der Waals surface area contributed by atoms with Gasteiger partial charge in [-0.2, -0.15) is 0 Å². The highest BCUT2D eigenvalue weighted by atomic mass is 19.1. The van der Waals surface area contributed by atoms with Crippen molar-refractivity contribution in [2.75, 3.05) is 26.2 Å². The predicted molar refractivity (Wildman–Crippen MR) is 101 cm³/mol. The van der Waals surface area contributed by atoms with E-state index >= 15 is 0 Å². The Bertz CT molecular complexity index is 681. The molecule has 0 aromatic heterocycles. The van der Waals surface area contributed by atoms with E-state index in [-0.39, 0.29) is 23.5 Å². The fourth-order valence-corrected chi connectivity index (χ4v) is 4.31. The first-order valence-electron chi connectivity index (χ1n) is 10.2. The summed E-state index contributed by atoms with van der Waals surface area (Å²) in [6.45, 7) is 3.32. The minimum atomic E-state index is -0.323. The Labute approximate surface area is 159 Å². The molecule has 5 nitrogen and oxygen atoms in total. The maximum atomic E-state index is 13.1. The highest BCUT2D eigenvalue weighted by Gasteiger charge is 2.34. The molecule has 1 aromatic carbocycles. The van der Waals surface area contributed by atoms with Crippen LogP contribution in [-0.2, 0) is 4.79 Å². The Morgan fingerprint density at radius 2 is 1.67 bits per heavy atom. The molecule has 27 heavy (non-hydrogen) atoms. The summed E-state index contributed by atoms with van der Waals surface area (Å²) in [5, 5.41) is 3.15. The zero-order valence-electron chi connectivity index (χ0n) is 15.7. The van der Waals surface area contributed by atoms with E-state index in [9.17, 15) is 14.0 Å². The first kappa shape index (κ1) is 18.4. The number of likely N-dealkylation sites (tertiary alicyclic amines) is 2. The molecular weight excluding hydrogens is 345 g/mol. The Balaban J connectivity index is 1.28. The summed E-state index contributed by atoms with van der Waals surface area (Å²) >= 11 is 0. The van der Waals surface area contributed by atoms with Gasteiger partial charge in [0.05, 0.1) is 5.92 Å². The van der Waals surface area contributed by atoms with Crippen molar-refractivity contribution in [2.45, 2.75) is 50.6 Å². The summed E-state index contributed by atoms with van der Waals surface area (Å²) in [6.07, 6.45) is 6.17. The van der Waals surface area contributed by atoms with E-state index < -0.39 is 0 Å². The third-order valence-corrected chi connectivity index (χ3v) is 6.11. The number of carbonyl (C=O) groups is 2. The number of benzene rings is 1. The van der Waals surface area contributed by atoms with Crippen LogP contribution in [0.5, 0.6) is 0 Å². The lowest BCUT2D eigenvalue weighted by Crippen LogP contribution is -2.51. The average molecular weight is 373 g/mol. The largest absolute Gasteiger partial charge is 0.353 e. The second-order valence-corrected chi connectivity index (χ2v) is 8.15. The van der Waals surface area contributed by atoms with Gasteiger partial charge in [-0.25, -0.2) is 4.39 Å². The zero-order chi connectivity index (χ0) is 18.8. The molecule has 0 radical (unpaired) electrons. The van der Waals surface area contributed by atoms with Crippen LogP contribution in [0.25, 0.3) is 0 Å². The number of nitrogens with zero attached hydrogens (tertiary/aromatic N) is 2. The molecule has 1 atom stereocenters. The van der Waals surface area contributed by atoms with Gasteiger partial charge in [-0.05, 0) is 69.3 Å². The lowest BCUT2D eigenvalue weighted by Gasteiger charge is -2.42. The monoisotopic (exact) mass is 373 g/mol. The molecule has 2 heterocycles. The van der Waals surface area contributed by atoms with Gasteiger partial charge >= 0.3 is 0 Å². The summed E-state index contributed by atoms with van der Waals surface area (Å²) in [5.41, 5.74) is 0.546. The van der Waals surface area contributed by atoms with Gasteiger partial charge in [-0.3, -0.25) is 14.5 Å². The van der Waals surface area contributed by atoms with Crippen LogP contribution in [0.2, 0.25) is 0 Å². The van der Waals surface area contributed by atoms with Crippen molar-refractivity contribution in [1.29, 1.82) is 0 Å². The molecule has 6 heteroatoms. The number of carbonyl (C=O) groups excluding carboxylic acids is 2. The van der Waals surface area contributed by atoms with Crippen LogP contribution in [0.3, 0.4) is 0 Å². The van der Waals surface area contributed by atoms with E-state index in [2.05, 4.69) is 10.2 Å². The number of nitrogens with one attached hydrogen (secondary N) is 1. The van der Waals surface area contributed by atoms with Crippen molar-refractivity contribution in [3.63, 3.8) is 0 Å². The first-order chi connectivity index (χ1) is 13.1. The summed E-state index contributed by atoms with van der Waals surface area (Å²) < 4.78 is 13.1. The van der Waals surface area contributed by atoms with E-state index in [0.717, 1.165) is 64.7 Å². The molecule has 1 aromatic rings. The number of halogens is 1. The van der Waals surface area contributed by atoms with Crippen LogP contribution >= 0.6 is 0 Å². The molecule has 1 saturated carbocycles. The Morgan fingerprint density at radius 1 is 0.963 bits per heavy atom. The normalized spacial score (nSPS) is 24.6. The van der Waals surface area contributed by atoms with Crippen LogP contribution in [0.1, 0.15) is 48.9 Å². The van der Waals surface area contributed by atoms with Crippen LogP contribution in [0.4, 0.5) is 4.39 Å². The molecule has 2 saturated heterocycles. The summed E-state index contributed by atoms with van der Waals surface area (Å²) in [4.78, 5) is 29.3. The van der Waals surface area contributed by atoms with E-state index in [1.165, 1.54) is 12.1 Å². The first-order valence-corrected chi connectivity index (χ1v) is 10.2. The maximum Gasteiger partial charge on any atom is 0.253 e. The van der Waals surface area contributed by atoms with Gasteiger partial charge < -0.3 is 10.2 Å². The van der Waals surface area contributed by atoms with Gasteiger partial charge in [-0.1, -0.05) is 0 Å². The molecule has 0 spiro atoms. The Hall–Kier alpha value is -1.95. The molecule has 1 aliphatic carbocycles. The number of amides is 2. The highest BCUT2D eigenvalue weighted by molar-refractivity contribution is 5.94. The van der Waals surface area contributed by atoms with E-state index in [1.54, 1.807) is 12.1 Å². The zero-order valence-corrected chi connectivity index (χ0v) is 15.7. The number of piperidine rings is 2. The van der Waals surface area contributed by atoms with Crippen molar-refractivity contribution in [1.82, 2.24) is 15.1 Å². The number of hydrogen-bond acceptors (Lipinski definition) is 3. The number of rotatable bonds is 4. The highest BCUT2D eigenvalue weighted by Crippen LogP contribution is 2.26. The molecule has 1 unspecified atom stereocenters. The second-order valence-electron chi connectivity index (χ2n) is 8.15. The smallest absolute Gasteiger partial charge is 0.253 e. The van der Waals surface area contributed by atoms with Gasteiger partial charge in [0.2, 0.25) is 5.91 Å². The fourth-order valence-electron chi connectivity index (χ4n) is 4.31. The SMILES string of the molecule is O=C(NC1CC1)C1CCCN(C2CCN(C(=O)c3ccc(F)cc3)CC2)C1. The van der Waals surface area contributed by atoms with E-state index in [1.807, 2.05) is 4.90 Å². The number of hydrogen-bond donors (Lipinski definition) is 1. The van der Waals surface area contributed by atoms with Crippen LogP contribution in [-0.4, -0.2) is 59.9 Å². The van der Waals surface area contributed by atoms with Gasteiger partial charge in [0, 0.05) is 37.3 Å². The van der Waals surface area contributed by atoms with Crippen molar-refractivity contribution >= 4 is 11.8 Å². The standard InChI is InChI=1S/C21H28FN3O2/c22-17-5-3-15(4-6-17)21(27)24-12-9-19(10-13-24)25-11-1-2-16(14-25)20(26)23-18-7-8-18/h3-6,16,18-19H,1-2,7-14H2,(H,23,26). The van der Waals surface area contributed by atoms with Crippen molar-refractivity contribution in [3.8, 4) is 0 Å². The van der Waals surface area contributed by atoms with E-state index in [0.29, 0.717) is 17.6 Å². The third kappa shape index (κ3) is 4.49. The van der Waals surface area contributed by atoms with Crippen molar-refractivity contribution in [2.24, 2.45) is 5.92 Å². The molecule has 2 amide bonds. The van der Waals surface area contributed by atoms with Gasteiger partial charge in [0.25, 0.3) is 5.91 Å². The lowest BCUT2D eigenvalue weighted by atomic mass is 9.93. The minimum Gasteiger partial charge on any atom is -0.353 e. The maximum absolute atomic E-state index is 13.1. The van der Waals surface area contributed by atoms with Crippen molar-refractivity contribution in [3.05, 3.63) is 35.6 Å². The molecule has 146 valence electrons. The molecule has 3 fully saturated rings. The fraction of sp³-hybridized carbons (Fsp3) is 0.619. The second kappa shape index (κ2) is 7.97. The van der Waals surface area contributed by atoms with Crippen LogP contribution < -0.4 is 5.32 Å².